The molecule has 9 nitrogen and oxygen atoms in total. The van der Waals surface area contributed by atoms with Crippen LogP contribution in [0, 0.1) is 0 Å². The third-order valence-electron chi connectivity index (χ3n) is 7.99. The van der Waals surface area contributed by atoms with Crippen LogP contribution >= 0.6 is 69.6 Å². The van der Waals surface area contributed by atoms with Crippen LogP contribution in [0.1, 0.15) is 0 Å². The normalized spacial score (nSPS) is 10.7. The molecule has 0 aliphatic carbocycles. The summed E-state index contributed by atoms with van der Waals surface area (Å²) in [5, 5.41) is 4.29. The maximum atomic E-state index is 4.81. The summed E-state index contributed by atoms with van der Waals surface area (Å²) in [7, 11) is 0. The largest absolute Gasteiger partial charge is 2.00 e. The van der Waals surface area contributed by atoms with E-state index >= 15 is 0 Å². The van der Waals surface area contributed by atoms with E-state index in [9.17, 15) is 0 Å². The number of alkyl halides is 6. The monoisotopic (exact) mass is 900 g/mol. The van der Waals surface area contributed by atoms with Gasteiger partial charge < -0.3 is 25.4 Å². The van der Waals surface area contributed by atoms with Crippen molar-refractivity contribution in [3.8, 4) is 23.0 Å². The fraction of sp³-hybridized carbons (Fsp3) is 0.0500. The van der Waals surface area contributed by atoms with Crippen molar-refractivity contribution in [2.24, 2.45) is 0 Å². The number of aromatic nitrogens is 8. The van der Waals surface area contributed by atoms with Crippen molar-refractivity contribution in [3.05, 3.63) is 134 Å². The fourth-order valence-electron chi connectivity index (χ4n) is 5.74. The van der Waals surface area contributed by atoms with Crippen molar-refractivity contribution in [1.29, 1.82) is 0 Å². The van der Waals surface area contributed by atoms with Crippen LogP contribution in [0.5, 0.6) is 0 Å². The van der Waals surface area contributed by atoms with E-state index in [1.54, 1.807) is 12.4 Å². The summed E-state index contributed by atoms with van der Waals surface area (Å²) >= 11 is 28.8. The van der Waals surface area contributed by atoms with Gasteiger partial charge in [-0.3, -0.25) is 9.97 Å². The quantitative estimate of drug-likeness (QED) is 0.0950. The first-order valence-electron chi connectivity index (χ1n) is 16.2. The van der Waals surface area contributed by atoms with E-state index in [1.807, 2.05) is 97.1 Å². The molecule has 0 radical (unpaired) electrons. The Bertz CT molecular complexity index is 2610. The van der Waals surface area contributed by atoms with Crippen LogP contribution in [0.25, 0.3) is 88.7 Å². The summed E-state index contributed by atoms with van der Waals surface area (Å²) < 4.78 is -1.50. The minimum absolute atomic E-state index is 0. The molecule has 6 heterocycles. The number of pyridine rings is 4. The zero-order valence-electron chi connectivity index (χ0n) is 28.6. The maximum absolute atomic E-state index is 4.81. The predicted octanol–water partition coefficient (Wildman–Crippen LogP) is 11.1. The van der Waals surface area contributed by atoms with Crippen molar-refractivity contribution in [2.45, 2.75) is 8.59 Å². The van der Waals surface area contributed by atoms with E-state index in [0.29, 0.717) is 11.6 Å². The number of para-hydroxylation sites is 4. The summed E-state index contributed by atoms with van der Waals surface area (Å²) in [5.41, 5.74) is 8.68. The van der Waals surface area contributed by atoms with Gasteiger partial charge in [0.15, 0.2) is 8.59 Å². The molecule has 0 atom stereocenters. The number of rotatable bonds is 2. The van der Waals surface area contributed by atoms with Gasteiger partial charge >= 0.3 is 17.1 Å². The van der Waals surface area contributed by atoms with Gasteiger partial charge in [0, 0.05) is 33.9 Å². The van der Waals surface area contributed by atoms with Gasteiger partial charge in [0.25, 0.3) is 0 Å². The van der Waals surface area contributed by atoms with E-state index in [0.717, 1.165) is 77.1 Å². The Morgan fingerprint density at radius 3 is 1.11 bits per heavy atom. The van der Waals surface area contributed by atoms with E-state index in [4.69, 9.17) is 79.6 Å². The fourth-order valence-corrected chi connectivity index (χ4v) is 5.74. The minimum Gasteiger partial charge on any atom is -0.434 e. The Labute approximate surface area is 360 Å². The molecule has 0 aliphatic heterocycles. The van der Waals surface area contributed by atoms with Crippen molar-refractivity contribution in [3.63, 3.8) is 0 Å². The van der Waals surface area contributed by atoms with Crippen LogP contribution in [-0.2, 0) is 17.1 Å². The van der Waals surface area contributed by atoms with Crippen molar-refractivity contribution in [1.82, 2.24) is 39.9 Å². The van der Waals surface area contributed by atoms with E-state index in [-0.39, 0.29) is 22.5 Å². The van der Waals surface area contributed by atoms with Gasteiger partial charge in [-0.25, -0.2) is 9.97 Å². The van der Waals surface area contributed by atoms with Crippen LogP contribution in [0.2, 0.25) is 0 Å². The number of hydrogen-bond donors (Lipinski definition) is 0. The molecule has 0 bridgehead atoms. The predicted molar refractivity (Wildman–Crippen MR) is 229 cm³/mol. The van der Waals surface area contributed by atoms with E-state index in [1.165, 1.54) is 0 Å². The van der Waals surface area contributed by atoms with Crippen LogP contribution in [-0.4, -0.2) is 44.0 Å². The van der Waals surface area contributed by atoms with Gasteiger partial charge in [0.2, 0.25) is 0 Å². The molecule has 0 unspecified atom stereocenters. The zero-order valence-corrected chi connectivity index (χ0v) is 34.2. The van der Waals surface area contributed by atoms with Crippen molar-refractivity contribution >= 4 is 135 Å². The first kappa shape index (κ1) is 42.8. The molecule has 0 spiro atoms. The Kier molecular flexibility index (Phi) is 15.1. The SMILES string of the molecule is ClC(Cl)Cl.ClC(Cl)Cl.O.[Fe+2].c1cnc2c(c1)ccc1ccc(-c3nc4ccccc4[n-]3)nc12.c1cnc2c(c1)ccc1ccc(-c3nc4ccccc4[n-]3)nc12. The topological polar surface area (TPSA) is 137 Å². The standard InChI is InChI=1S/2C19H11N4.2CHCl3.Fe.H2O/c2*1-2-6-15-14(5-1)22-19(23-15)16-10-9-13-8-7-12-4-3-11-20-17(12)18(13)21-16;2*2-1(3)4;;/h2*1-11H;2*1H;;1H2/q2*-1;;;+2;. The van der Waals surface area contributed by atoms with Crippen LogP contribution < -0.4 is 9.97 Å². The Morgan fingerprint density at radius 1 is 0.393 bits per heavy atom. The van der Waals surface area contributed by atoms with Crippen LogP contribution in [0.15, 0.2) is 134 Å². The Morgan fingerprint density at radius 2 is 0.732 bits per heavy atom. The van der Waals surface area contributed by atoms with Crippen LogP contribution in [0.4, 0.5) is 0 Å². The molecule has 10 aromatic rings. The van der Waals surface area contributed by atoms with Crippen LogP contribution in [0.3, 0.4) is 0 Å². The van der Waals surface area contributed by atoms with E-state index in [2.05, 4.69) is 54.2 Å². The van der Waals surface area contributed by atoms with Crippen molar-refractivity contribution in [2.75, 3.05) is 0 Å². The molecule has 0 saturated carbocycles. The molecule has 10 rings (SSSR count). The second kappa shape index (κ2) is 19.7. The molecule has 2 N–H and O–H groups in total. The van der Waals surface area contributed by atoms with Gasteiger partial charge in [0.05, 0.1) is 33.5 Å². The second-order valence-corrected chi connectivity index (χ2v) is 15.3. The molecular weight excluding hydrogens is 877 g/mol. The molecule has 56 heavy (non-hydrogen) atoms. The first-order chi connectivity index (χ1) is 26.2. The van der Waals surface area contributed by atoms with Gasteiger partial charge in [-0.1, -0.05) is 167 Å². The van der Waals surface area contributed by atoms with Gasteiger partial charge in [-0.05, 0) is 58.0 Å². The zero-order chi connectivity index (χ0) is 37.6. The average molecular weight is 903 g/mol. The molecule has 0 saturated heterocycles. The number of imidazole rings is 2. The van der Waals surface area contributed by atoms with Gasteiger partial charge in [0.1, 0.15) is 0 Å². The number of nitrogens with zero attached hydrogens (tertiary/aromatic N) is 8. The third-order valence-corrected chi connectivity index (χ3v) is 7.99. The summed E-state index contributed by atoms with van der Waals surface area (Å²) in [6.07, 6.45) is 3.59. The van der Waals surface area contributed by atoms with E-state index < -0.39 is 8.59 Å². The smallest absolute Gasteiger partial charge is 0.434 e. The Balaban J connectivity index is 0.000000175. The average Bonchev–Trinajstić information content (AvgIpc) is 3.82. The number of fused-ring (bicyclic) bond motifs is 8. The number of benzene rings is 4. The number of halogens is 6. The second-order valence-electron chi connectivity index (χ2n) is 11.4. The Hall–Kier alpha value is -4.32. The molecular formula is C40H26Cl6FeN8O. The minimum atomic E-state index is -0.750. The summed E-state index contributed by atoms with van der Waals surface area (Å²) in [4.78, 5) is 36.8. The summed E-state index contributed by atoms with van der Waals surface area (Å²) in [6.45, 7) is 0. The molecule has 4 aromatic carbocycles. The summed E-state index contributed by atoms with van der Waals surface area (Å²) in [6, 6.07) is 40.0. The molecule has 0 amide bonds. The summed E-state index contributed by atoms with van der Waals surface area (Å²) in [5.74, 6) is 1.31. The van der Waals surface area contributed by atoms with Crippen molar-refractivity contribution < 1.29 is 22.5 Å². The maximum Gasteiger partial charge on any atom is 2.00 e. The van der Waals surface area contributed by atoms with Gasteiger partial charge in [-0.2, -0.15) is 0 Å². The molecule has 0 aliphatic rings. The molecule has 282 valence electrons. The molecule has 6 aromatic heterocycles. The molecule has 16 heteroatoms. The third kappa shape index (κ3) is 10.2. The number of hydrogen-bond acceptors (Lipinski definition) is 6. The first-order valence-corrected chi connectivity index (χ1v) is 18.8. The van der Waals surface area contributed by atoms with Gasteiger partial charge in [-0.15, -0.1) is 0 Å². The molecule has 0 fully saturated rings.